The molecule has 2 rings (SSSR count). The van der Waals surface area contributed by atoms with Crippen molar-refractivity contribution in [3.8, 4) is 0 Å². The molecule has 0 spiro atoms. The zero-order valence-electron chi connectivity index (χ0n) is 10.4. The average Bonchev–Trinajstić information content (AvgIpc) is 2.90. The molecule has 0 fully saturated rings. The van der Waals surface area contributed by atoms with Crippen LogP contribution in [0.15, 0.2) is 30.9 Å². The molecule has 0 saturated heterocycles. The highest BCUT2D eigenvalue weighted by molar-refractivity contribution is 5.25. The van der Waals surface area contributed by atoms with Crippen LogP contribution in [-0.2, 0) is 13.1 Å². The Morgan fingerprint density at radius 1 is 1.29 bits per heavy atom. The number of aromatic nitrogens is 4. The molecule has 2 aromatic rings. The van der Waals surface area contributed by atoms with Gasteiger partial charge in [-0.1, -0.05) is 13.8 Å². The van der Waals surface area contributed by atoms with Crippen molar-refractivity contribution in [1.29, 1.82) is 0 Å². The molecule has 0 unspecified atom stereocenters. The first-order valence-corrected chi connectivity index (χ1v) is 5.98. The summed E-state index contributed by atoms with van der Waals surface area (Å²) in [5, 5.41) is 7.48. The number of rotatable bonds is 6. The minimum atomic E-state index is 0.621. The molecule has 0 radical (unpaired) electrons. The Balaban J connectivity index is 1.84. The van der Waals surface area contributed by atoms with Gasteiger partial charge in [0.05, 0.1) is 6.54 Å². The van der Waals surface area contributed by atoms with Crippen molar-refractivity contribution in [2.75, 3.05) is 11.9 Å². The van der Waals surface area contributed by atoms with Gasteiger partial charge in [-0.2, -0.15) is 5.10 Å². The molecule has 0 aliphatic carbocycles. The summed E-state index contributed by atoms with van der Waals surface area (Å²) < 4.78 is 4.05. The Hall–Kier alpha value is -1.78. The van der Waals surface area contributed by atoms with Crippen LogP contribution in [0.1, 0.15) is 13.8 Å². The number of nitrogens with zero attached hydrogens (tertiary/aromatic N) is 4. The molecule has 0 aliphatic heterocycles. The van der Waals surface area contributed by atoms with Crippen LogP contribution in [0.4, 0.5) is 5.95 Å². The highest BCUT2D eigenvalue weighted by Crippen LogP contribution is 2.07. The first-order chi connectivity index (χ1) is 8.25. The highest BCUT2D eigenvalue weighted by atomic mass is 15.3. The monoisotopic (exact) mass is 233 g/mol. The Bertz CT molecular complexity index is 429. The molecule has 2 aromatic heterocycles. The number of nitrogens with one attached hydrogen (secondary N) is 1. The second-order valence-corrected chi connectivity index (χ2v) is 4.49. The third-order valence-electron chi connectivity index (χ3n) is 2.46. The SMILES string of the molecule is CC(C)Cn1ccnc1NCCn1cccn1. The van der Waals surface area contributed by atoms with E-state index in [0.29, 0.717) is 5.92 Å². The van der Waals surface area contributed by atoms with Crippen LogP contribution in [0.3, 0.4) is 0 Å². The largest absolute Gasteiger partial charge is 0.354 e. The van der Waals surface area contributed by atoms with E-state index in [9.17, 15) is 0 Å². The van der Waals surface area contributed by atoms with E-state index in [1.807, 2.05) is 29.3 Å². The van der Waals surface area contributed by atoms with Gasteiger partial charge in [-0.05, 0) is 12.0 Å². The van der Waals surface area contributed by atoms with E-state index in [4.69, 9.17) is 0 Å². The Labute approximate surface area is 101 Å². The van der Waals surface area contributed by atoms with Gasteiger partial charge in [0.1, 0.15) is 0 Å². The second kappa shape index (κ2) is 5.52. The van der Waals surface area contributed by atoms with Crippen molar-refractivity contribution >= 4 is 5.95 Å². The lowest BCUT2D eigenvalue weighted by Crippen LogP contribution is -2.15. The summed E-state index contributed by atoms with van der Waals surface area (Å²) in [6.45, 7) is 7.07. The van der Waals surface area contributed by atoms with Crippen molar-refractivity contribution in [3.63, 3.8) is 0 Å². The maximum atomic E-state index is 4.31. The lowest BCUT2D eigenvalue weighted by atomic mass is 10.2. The quantitative estimate of drug-likeness (QED) is 0.828. The lowest BCUT2D eigenvalue weighted by Gasteiger charge is -2.11. The van der Waals surface area contributed by atoms with Crippen LogP contribution < -0.4 is 5.32 Å². The molecule has 1 N–H and O–H groups in total. The van der Waals surface area contributed by atoms with Gasteiger partial charge in [0, 0.05) is 37.9 Å². The summed E-state index contributed by atoms with van der Waals surface area (Å²) in [4.78, 5) is 4.31. The van der Waals surface area contributed by atoms with E-state index in [2.05, 4.69) is 33.8 Å². The number of hydrogen-bond acceptors (Lipinski definition) is 3. The Morgan fingerprint density at radius 2 is 2.18 bits per heavy atom. The maximum Gasteiger partial charge on any atom is 0.202 e. The van der Waals surface area contributed by atoms with E-state index >= 15 is 0 Å². The van der Waals surface area contributed by atoms with Gasteiger partial charge in [0.25, 0.3) is 0 Å². The normalized spacial score (nSPS) is 11.0. The molecular weight excluding hydrogens is 214 g/mol. The van der Waals surface area contributed by atoms with Crippen molar-refractivity contribution in [1.82, 2.24) is 19.3 Å². The fourth-order valence-corrected chi connectivity index (χ4v) is 1.73. The number of hydrogen-bond donors (Lipinski definition) is 1. The van der Waals surface area contributed by atoms with E-state index in [-0.39, 0.29) is 0 Å². The van der Waals surface area contributed by atoms with Gasteiger partial charge in [0.15, 0.2) is 0 Å². The Morgan fingerprint density at radius 3 is 2.88 bits per heavy atom. The second-order valence-electron chi connectivity index (χ2n) is 4.49. The summed E-state index contributed by atoms with van der Waals surface area (Å²) in [7, 11) is 0. The summed E-state index contributed by atoms with van der Waals surface area (Å²) in [5.41, 5.74) is 0. The van der Waals surface area contributed by atoms with Gasteiger partial charge in [-0.25, -0.2) is 4.98 Å². The molecule has 0 bridgehead atoms. The van der Waals surface area contributed by atoms with Crippen LogP contribution in [0.2, 0.25) is 0 Å². The molecular formula is C12H19N5. The molecule has 5 nitrogen and oxygen atoms in total. The maximum absolute atomic E-state index is 4.31. The van der Waals surface area contributed by atoms with E-state index in [0.717, 1.165) is 25.6 Å². The molecule has 0 saturated carbocycles. The Kier molecular flexibility index (Phi) is 3.80. The molecule has 0 aliphatic rings. The van der Waals surface area contributed by atoms with E-state index in [1.54, 1.807) is 6.20 Å². The summed E-state index contributed by atoms with van der Waals surface area (Å²) in [6.07, 6.45) is 7.59. The summed E-state index contributed by atoms with van der Waals surface area (Å²) in [5.74, 6) is 1.56. The minimum absolute atomic E-state index is 0.621. The topological polar surface area (TPSA) is 47.7 Å². The van der Waals surface area contributed by atoms with Gasteiger partial charge >= 0.3 is 0 Å². The molecule has 2 heterocycles. The van der Waals surface area contributed by atoms with Crippen LogP contribution in [0, 0.1) is 5.92 Å². The standard InChI is InChI=1S/C12H19N5/c1-11(2)10-16-8-5-13-12(16)14-6-9-17-7-3-4-15-17/h3-5,7-8,11H,6,9-10H2,1-2H3,(H,13,14). The predicted octanol–water partition coefficient (Wildman–Crippen LogP) is 1.85. The number of anilines is 1. The van der Waals surface area contributed by atoms with Gasteiger partial charge < -0.3 is 9.88 Å². The highest BCUT2D eigenvalue weighted by Gasteiger charge is 2.03. The molecule has 17 heavy (non-hydrogen) atoms. The van der Waals surface area contributed by atoms with Crippen molar-refractivity contribution in [2.45, 2.75) is 26.9 Å². The fourth-order valence-electron chi connectivity index (χ4n) is 1.73. The lowest BCUT2D eigenvalue weighted by molar-refractivity contribution is 0.525. The van der Waals surface area contributed by atoms with Crippen LogP contribution >= 0.6 is 0 Å². The summed E-state index contributed by atoms with van der Waals surface area (Å²) in [6, 6.07) is 1.93. The van der Waals surface area contributed by atoms with Crippen molar-refractivity contribution in [3.05, 3.63) is 30.9 Å². The van der Waals surface area contributed by atoms with Crippen LogP contribution in [0.5, 0.6) is 0 Å². The molecule has 0 atom stereocenters. The summed E-state index contributed by atoms with van der Waals surface area (Å²) >= 11 is 0. The van der Waals surface area contributed by atoms with E-state index < -0.39 is 0 Å². The van der Waals surface area contributed by atoms with Crippen molar-refractivity contribution in [2.24, 2.45) is 5.92 Å². The first kappa shape index (κ1) is 11.7. The minimum Gasteiger partial charge on any atom is -0.354 e. The van der Waals surface area contributed by atoms with Crippen LogP contribution in [-0.4, -0.2) is 25.9 Å². The van der Waals surface area contributed by atoms with E-state index in [1.165, 1.54) is 0 Å². The molecule has 5 heteroatoms. The van der Waals surface area contributed by atoms with Gasteiger partial charge in [-0.3, -0.25) is 4.68 Å². The first-order valence-electron chi connectivity index (χ1n) is 5.98. The smallest absolute Gasteiger partial charge is 0.202 e. The van der Waals surface area contributed by atoms with Gasteiger partial charge in [0.2, 0.25) is 5.95 Å². The predicted molar refractivity (Wildman–Crippen MR) is 67.8 cm³/mol. The zero-order valence-corrected chi connectivity index (χ0v) is 10.4. The fraction of sp³-hybridized carbons (Fsp3) is 0.500. The zero-order chi connectivity index (χ0) is 12.1. The number of imidazole rings is 1. The molecule has 0 amide bonds. The third-order valence-corrected chi connectivity index (χ3v) is 2.46. The average molecular weight is 233 g/mol. The van der Waals surface area contributed by atoms with Crippen LogP contribution in [0.25, 0.3) is 0 Å². The molecule has 92 valence electrons. The molecule has 0 aromatic carbocycles. The van der Waals surface area contributed by atoms with Crippen molar-refractivity contribution < 1.29 is 0 Å². The third kappa shape index (κ3) is 3.34. The van der Waals surface area contributed by atoms with Gasteiger partial charge in [-0.15, -0.1) is 0 Å².